The van der Waals surface area contributed by atoms with Crippen LogP contribution in [-0.2, 0) is 11.3 Å². The Labute approximate surface area is 119 Å². The van der Waals surface area contributed by atoms with E-state index in [1.54, 1.807) is 7.11 Å². The summed E-state index contributed by atoms with van der Waals surface area (Å²) >= 11 is 0. The van der Waals surface area contributed by atoms with Crippen LogP contribution >= 0.6 is 0 Å². The molecule has 20 heavy (non-hydrogen) atoms. The van der Waals surface area contributed by atoms with Crippen molar-refractivity contribution >= 4 is 0 Å². The molecular weight excluding hydrogens is 252 g/mol. The molecule has 0 spiro atoms. The topological polar surface area (TPSA) is 38.7 Å². The second kappa shape index (κ2) is 7.08. The van der Waals surface area contributed by atoms with Gasteiger partial charge in [-0.15, -0.1) is 0 Å². The smallest absolute Gasteiger partial charge is 0.119 e. The average molecular weight is 272 g/mol. The van der Waals surface area contributed by atoms with Crippen molar-refractivity contribution in [3.05, 3.63) is 65.2 Å². The van der Waals surface area contributed by atoms with E-state index in [1.807, 2.05) is 55.5 Å². The molecule has 0 bridgehead atoms. The number of hydrogen-bond donors (Lipinski definition) is 1. The Morgan fingerprint density at radius 3 is 2.65 bits per heavy atom. The van der Waals surface area contributed by atoms with Gasteiger partial charge in [0.2, 0.25) is 0 Å². The summed E-state index contributed by atoms with van der Waals surface area (Å²) in [6, 6.07) is 15.3. The summed E-state index contributed by atoms with van der Waals surface area (Å²) in [6.45, 7) is 3.04. The van der Waals surface area contributed by atoms with E-state index in [0.717, 1.165) is 22.4 Å². The fourth-order valence-corrected chi connectivity index (χ4v) is 2.21. The SMILES string of the molecule is CCOc1cccc(C(O)c2ccccc2COC)c1. The second-order valence-corrected chi connectivity index (χ2v) is 4.54. The number of rotatable bonds is 6. The zero-order chi connectivity index (χ0) is 14.4. The molecule has 0 aromatic heterocycles. The summed E-state index contributed by atoms with van der Waals surface area (Å²) in [6.07, 6.45) is -0.679. The maximum Gasteiger partial charge on any atom is 0.119 e. The van der Waals surface area contributed by atoms with Gasteiger partial charge in [-0.1, -0.05) is 36.4 Å². The first kappa shape index (κ1) is 14.6. The zero-order valence-electron chi connectivity index (χ0n) is 11.9. The van der Waals surface area contributed by atoms with Crippen LogP contribution in [0.15, 0.2) is 48.5 Å². The molecule has 3 heteroatoms. The largest absolute Gasteiger partial charge is 0.494 e. The monoisotopic (exact) mass is 272 g/mol. The molecule has 0 fully saturated rings. The van der Waals surface area contributed by atoms with E-state index in [0.29, 0.717) is 13.2 Å². The maximum atomic E-state index is 10.6. The van der Waals surface area contributed by atoms with Crippen LogP contribution in [-0.4, -0.2) is 18.8 Å². The van der Waals surface area contributed by atoms with E-state index in [-0.39, 0.29) is 0 Å². The van der Waals surface area contributed by atoms with Crippen molar-refractivity contribution in [3.8, 4) is 5.75 Å². The number of aliphatic hydroxyl groups excluding tert-OH is 1. The number of aliphatic hydroxyl groups is 1. The predicted molar refractivity (Wildman–Crippen MR) is 78.8 cm³/mol. The van der Waals surface area contributed by atoms with Crippen LogP contribution < -0.4 is 4.74 Å². The van der Waals surface area contributed by atoms with Gasteiger partial charge >= 0.3 is 0 Å². The molecule has 2 aromatic carbocycles. The van der Waals surface area contributed by atoms with Crippen LogP contribution in [0.3, 0.4) is 0 Å². The molecule has 0 aliphatic heterocycles. The van der Waals surface area contributed by atoms with E-state index in [1.165, 1.54) is 0 Å². The molecule has 0 aliphatic carbocycles. The summed E-state index contributed by atoms with van der Waals surface area (Å²) in [4.78, 5) is 0. The highest BCUT2D eigenvalue weighted by Crippen LogP contribution is 2.27. The molecule has 1 atom stereocenters. The predicted octanol–water partition coefficient (Wildman–Crippen LogP) is 3.31. The van der Waals surface area contributed by atoms with Gasteiger partial charge in [0.05, 0.1) is 13.2 Å². The lowest BCUT2D eigenvalue weighted by molar-refractivity contribution is 0.176. The molecule has 0 radical (unpaired) electrons. The first-order valence-electron chi connectivity index (χ1n) is 6.73. The van der Waals surface area contributed by atoms with Gasteiger partial charge in [0.25, 0.3) is 0 Å². The minimum atomic E-state index is -0.679. The Morgan fingerprint density at radius 1 is 1.10 bits per heavy atom. The van der Waals surface area contributed by atoms with E-state index < -0.39 is 6.10 Å². The maximum absolute atomic E-state index is 10.6. The Kier molecular flexibility index (Phi) is 5.16. The summed E-state index contributed by atoms with van der Waals surface area (Å²) < 4.78 is 10.7. The molecule has 0 heterocycles. The summed E-state index contributed by atoms with van der Waals surface area (Å²) in [5, 5.41) is 10.6. The summed E-state index contributed by atoms with van der Waals surface area (Å²) in [5.74, 6) is 0.772. The Hall–Kier alpha value is -1.84. The molecule has 1 N–H and O–H groups in total. The van der Waals surface area contributed by atoms with Gasteiger partial charge in [0.1, 0.15) is 11.9 Å². The number of methoxy groups -OCH3 is 1. The van der Waals surface area contributed by atoms with Gasteiger partial charge in [-0.25, -0.2) is 0 Å². The lowest BCUT2D eigenvalue weighted by atomic mass is 9.97. The van der Waals surface area contributed by atoms with Crippen LogP contribution in [0.5, 0.6) is 5.75 Å². The van der Waals surface area contributed by atoms with Crippen LogP contribution in [0.1, 0.15) is 29.7 Å². The minimum absolute atomic E-state index is 0.485. The zero-order valence-corrected chi connectivity index (χ0v) is 11.9. The average Bonchev–Trinajstić information content (AvgIpc) is 2.48. The van der Waals surface area contributed by atoms with Crippen LogP contribution in [0.4, 0.5) is 0 Å². The van der Waals surface area contributed by atoms with Gasteiger partial charge < -0.3 is 14.6 Å². The van der Waals surface area contributed by atoms with Crippen LogP contribution in [0, 0.1) is 0 Å². The van der Waals surface area contributed by atoms with Crippen LogP contribution in [0.2, 0.25) is 0 Å². The molecule has 0 aliphatic rings. The van der Waals surface area contributed by atoms with Crippen molar-refractivity contribution in [1.82, 2.24) is 0 Å². The molecule has 2 aromatic rings. The quantitative estimate of drug-likeness (QED) is 0.876. The second-order valence-electron chi connectivity index (χ2n) is 4.54. The highest BCUT2D eigenvalue weighted by atomic mass is 16.5. The molecule has 0 saturated heterocycles. The molecule has 1 unspecified atom stereocenters. The minimum Gasteiger partial charge on any atom is -0.494 e. The number of benzene rings is 2. The van der Waals surface area contributed by atoms with Crippen molar-refractivity contribution in [2.24, 2.45) is 0 Å². The van der Waals surface area contributed by atoms with Crippen molar-refractivity contribution in [1.29, 1.82) is 0 Å². The van der Waals surface area contributed by atoms with Gasteiger partial charge in [-0.3, -0.25) is 0 Å². The third-order valence-corrected chi connectivity index (χ3v) is 3.13. The first-order chi connectivity index (χ1) is 9.76. The van der Waals surface area contributed by atoms with Gasteiger partial charge in [-0.2, -0.15) is 0 Å². The fraction of sp³-hybridized carbons (Fsp3) is 0.294. The van der Waals surface area contributed by atoms with Crippen LogP contribution in [0.25, 0.3) is 0 Å². The van der Waals surface area contributed by atoms with E-state index in [9.17, 15) is 5.11 Å². The molecule has 106 valence electrons. The normalized spacial score (nSPS) is 12.2. The standard InChI is InChI=1S/C17H20O3/c1-3-20-15-9-6-8-13(11-15)17(18)16-10-5-4-7-14(16)12-19-2/h4-11,17-18H,3,12H2,1-2H3. The summed E-state index contributed by atoms with van der Waals surface area (Å²) in [7, 11) is 1.65. The third-order valence-electron chi connectivity index (χ3n) is 3.13. The Bertz CT molecular complexity index is 551. The molecule has 3 nitrogen and oxygen atoms in total. The summed E-state index contributed by atoms with van der Waals surface area (Å²) in [5.41, 5.74) is 2.67. The highest BCUT2D eigenvalue weighted by Gasteiger charge is 2.14. The first-order valence-corrected chi connectivity index (χ1v) is 6.73. The van der Waals surface area contributed by atoms with Crippen molar-refractivity contribution in [2.45, 2.75) is 19.6 Å². The molecule has 0 saturated carbocycles. The molecular formula is C17H20O3. The number of hydrogen-bond acceptors (Lipinski definition) is 3. The van der Waals surface area contributed by atoms with E-state index in [4.69, 9.17) is 9.47 Å². The van der Waals surface area contributed by atoms with Crippen molar-refractivity contribution in [3.63, 3.8) is 0 Å². The third kappa shape index (κ3) is 3.38. The fourth-order valence-electron chi connectivity index (χ4n) is 2.21. The lowest BCUT2D eigenvalue weighted by Crippen LogP contribution is -2.05. The highest BCUT2D eigenvalue weighted by molar-refractivity contribution is 5.38. The molecule has 0 amide bonds. The van der Waals surface area contributed by atoms with Gasteiger partial charge in [0.15, 0.2) is 0 Å². The number of ether oxygens (including phenoxy) is 2. The van der Waals surface area contributed by atoms with Crippen molar-refractivity contribution in [2.75, 3.05) is 13.7 Å². The van der Waals surface area contributed by atoms with Crippen molar-refractivity contribution < 1.29 is 14.6 Å². The van der Waals surface area contributed by atoms with E-state index in [2.05, 4.69) is 0 Å². The Morgan fingerprint density at radius 2 is 1.90 bits per heavy atom. The Balaban J connectivity index is 2.30. The van der Waals surface area contributed by atoms with Gasteiger partial charge in [-0.05, 0) is 35.7 Å². The van der Waals surface area contributed by atoms with E-state index >= 15 is 0 Å². The molecule has 2 rings (SSSR count). The van der Waals surface area contributed by atoms with Gasteiger partial charge in [0, 0.05) is 7.11 Å². The lowest BCUT2D eigenvalue weighted by Gasteiger charge is -2.16.